The van der Waals surface area contributed by atoms with Gasteiger partial charge >= 0.3 is 0 Å². The molecule has 6 fully saturated rings. The number of hydrogen-bond donors (Lipinski definition) is 1. The van der Waals surface area contributed by atoms with Gasteiger partial charge in [0, 0.05) is 24.8 Å². The molecule has 0 aromatic rings. The summed E-state index contributed by atoms with van der Waals surface area (Å²) in [5.74, 6) is 3.87. The molecule has 6 rings (SSSR count). The molecule has 1 N–H and O–H groups in total. The molecule has 2 aliphatic heterocycles. The Morgan fingerprint density at radius 3 is 2.46 bits per heavy atom. The van der Waals surface area contributed by atoms with Crippen molar-refractivity contribution in [3.8, 4) is 0 Å². The second-order valence-electron chi connectivity index (χ2n) is 9.15. The quantitative estimate of drug-likeness (QED) is 0.853. The molecule has 4 nitrogen and oxygen atoms in total. The Hall–Kier alpha value is -0.710. The summed E-state index contributed by atoms with van der Waals surface area (Å²) < 4.78 is 0. The van der Waals surface area contributed by atoms with Crippen molar-refractivity contribution in [1.29, 1.82) is 0 Å². The van der Waals surface area contributed by atoms with Gasteiger partial charge in [-0.05, 0) is 75.0 Å². The van der Waals surface area contributed by atoms with Crippen LogP contribution in [0.5, 0.6) is 0 Å². The van der Waals surface area contributed by atoms with Gasteiger partial charge in [0.2, 0.25) is 5.91 Å². The maximum atomic E-state index is 13.2. The molecule has 0 spiro atoms. The van der Waals surface area contributed by atoms with Crippen LogP contribution in [0.3, 0.4) is 0 Å². The molecule has 2 amide bonds. The van der Waals surface area contributed by atoms with Crippen LogP contribution in [0.25, 0.3) is 0 Å². The molecule has 2 heterocycles. The number of nitrogens with one attached hydrogen (secondary N) is 1. The van der Waals surface area contributed by atoms with Crippen LogP contribution in [-0.2, 0) is 9.59 Å². The third-order valence-corrected chi connectivity index (χ3v) is 9.25. The topological polar surface area (TPSA) is 49.4 Å². The molecule has 132 valence electrons. The monoisotopic (exact) mass is 348 g/mol. The number of carbonyl (C=O) groups is 2. The molecular formula is C19H28N2O2S. The highest BCUT2D eigenvalue weighted by Gasteiger charge is 2.57. The van der Waals surface area contributed by atoms with Gasteiger partial charge in [0.05, 0.1) is 0 Å². The Bertz CT molecular complexity index is 557. The Morgan fingerprint density at radius 1 is 1.21 bits per heavy atom. The molecule has 0 unspecified atom stereocenters. The zero-order valence-corrected chi connectivity index (χ0v) is 15.4. The lowest BCUT2D eigenvalue weighted by Gasteiger charge is -2.59. The van der Waals surface area contributed by atoms with Crippen LogP contribution in [0.4, 0.5) is 0 Å². The standard InChI is InChI=1S/C19H28N2O2S/c1-12(18-9-13-6-14(10-18)8-15(7-13)11-18)20-17(23)19-3-2-16(22)21(19)4-5-24-19/h12-15H,2-11H2,1H3,(H,20,23)/t12-,13?,14?,15?,18?,19-/m1/s1. The fourth-order valence-corrected chi connectivity index (χ4v) is 8.38. The SMILES string of the molecule is C[C@@H](NC(=O)[C@]12CCC(=O)N1CCS2)C12CC3CC(CC(C3)C1)C2. The van der Waals surface area contributed by atoms with Gasteiger partial charge in [-0.2, -0.15) is 0 Å². The van der Waals surface area contributed by atoms with Crippen LogP contribution in [0.1, 0.15) is 58.3 Å². The van der Waals surface area contributed by atoms with Crippen LogP contribution in [0.15, 0.2) is 0 Å². The lowest BCUT2D eigenvalue weighted by molar-refractivity contribution is -0.138. The number of carbonyl (C=O) groups excluding carboxylic acids is 2. The van der Waals surface area contributed by atoms with Crippen LogP contribution in [0.2, 0.25) is 0 Å². The first kappa shape index (κ1) is 15.5. The van der Waals surface area contributed by atoms with Gasteiger partial charge in [0.1, 0.15) is 0 Å². The first-order valence-electron chi connectivity index (χ1n) is 9.76. The van der Waals surface area contributed by atoms with E-state index in [-0.39, 0.29) is 17.9 Å². The highest BCUT2D eigenvalue weighted by atomic mass is 32.2. The van der Waals surface area contributed by atoms with E-state index >= 15 is 0 Å². The fraction of sp³-hybridized carbons (Fsp3) is 0.895. The molecule has 2 atom stereocenters. The number of thioether (sulfide) groups is 1. The number of rotatable bonds is 3. The summed E-state index contributed by atoms with van der Waals surface area (Å²) in [6.45, 7) is 2.98. The minimum atomic E-state index is -0.590. The number of hydrogen-bond acceptors (Lipinski definition) is 3. The first-order chi connectivity index (χ1) is 11.5. The molecule has 4 saturated carbocycles. The highest BCUT2D eigenvalue weighted by molar-refractivity contribution is 8.01. The molecule has 6 aliphatic rings. The van der Waals surface area contributed by atoms with Gasteiger partial charge in [0.25, 0.3) is 5.91 Å². The van der Waals surface area contributed by atoms with Crippen molar-refractivity contribution in [3.63, 3.8) is 0 Å². The number of amides is 2. The summed E-state index contributed by atoms with van der Waals surface area (Å²) in [5.41, 5.74) is 0.331. The second kappa shape index (κ2) is 5.15. The molecule has 0 aromatic heterocycles. The van der Waals surface area contributed by atoms with Gasteiger partial charge in [-0.3, -0.25) is 9.59 Å². The van der Waals surface area contributed by atoms with E-state index in [0.29, 0.717) is 18.3 Å². The summed E-state index contributed by atoms with van der Waals surface area (Å²) >= 11 is 1.68. The molecule has 4 bridgehead atoms. The zero-order valence-electron chi connectivity index (χ0n) is 14.6. The second-order valence-corrected chi connectivity index (χ2v) is 10.5. The minimum absolute atomic E-state index is 0.110. The molecule has 4 aliphatic carbocycles. The van der Waals surface area contributed by atoms with Crippen LogP contribution in [0, 0.1) is 23.2 Å². The van der Waals surface area contributed by atoms with E-state index in [2.05, 4.69) is 12.2 Å². The van der Waals surface area contributed by atoms with E-state index in [4.69, 9.17) is 0 Å². The van der Waals surface area contributed by atoms with Crippen LogP contribution in [-0.4, -0.2) is 39.9 Å². The van der Waals surface area contributed by atoms with E-state index in [0.717, 1.165) is 30.1 Å². The summed E-state index contributed by atoms with van der Waals surface area (Å²) in [6.07, 6.45) is 9.45. The summed E-state index contributed by atoms with van der Waals surface area (Å²) in [7, 11) is 0. The Labute approximate surface area is 148 Å². The molecular weight excluding hydrogens is 320 g/mol. The van der Waals surface area contributed by atoms with Gasteiger partial charge in [-0.25, -0.2) is 0 Å². The summed E-state index contributed by atoms with van der Waals surface area (Å²) in [5, 5.41) is 3.41. The minimum Gasteiger partial charge on any atom is -0.350 e. The largest absolute Gasteiger partial charge is 0.350 e. The maximum absolute atomic E-state index is 13.2. The normalized spacial score (nSPS) is 47.1. The van der Waals surface area contributed by atoms with E-state index in [9.17, 15) is 9.59 Å². The Kier molecular flexibility index (Phi) is 3.33. The highest BCUT2D eigenvalue weighted by Crippen LogP contribution is 2.61. The summed E-state index contributed by atoms with van der Waals surface area (Å²) in [6, 6.07) is 0.242. The smallest absolute Gasteiger partial charge is 0.256 e. The predicted molar refractivity (Wildman–Crippen MR) is 94.3 cm³/mol. The van der Waals surface area contributed by atoms with E-state index in [1.807, 2.05) is 4.90 Å². The lowest BCUT2D eigenvalue weighted by atomic mass is 9.48. The van der Waals surface area contributed by atoms with E-state index < -0.39 is 4.87 Å². The lowest BCUT2D eigenvalue weighted by Crippen LogP contribution is -2.60. The van der Waals surface area contributed by atoms with Crippen molar-refractivity contribution in [3.05, 3.63) is 0 Å². The van der Waals surface area contributed by atoms with Gasteiger partial charge in [-0.1, -0.05) is 0 Å². The summed E-state index contributed by atoms with van der Waals surface area (Å²) in [4.78, 5) is 26.5. The number of fused-ring (bicyclic) bond motifs is 1. The third kappa shape index (κ3) is 2.06. The van der Waals surface area contributed by atoms with Gasteiger partial charge < -0.3 is 10.2 Å². The van der Waals surface area contributed by atoms with Crippen molar-refractivity contribution in [2.24, 2.45) is 23.2 Å². The molecule has 0 radical (unpaired) electrons. The Balaban J connectivity index is 1.35. The van der Waals surface area contributed by atoms with Crippen LogP contribution < -0.4 is 5.32 Å². The fourth-order valence-electron chi connectivity index (χ4n) is 6.98. The number of nitrogens with zero attached hydrogens (tertiary/aromatic N) is 1. The average molecular weight is 349 g/mol. The molecule has 5 heteroatoms. The predicted octanol–water partition coefficient (Wildman–Crippen LogP) is 2.77. The first-order valence-corrected chi connectivity index (χ1v) is 10.7. The molecule has 2 saturated heterocycles. The van der Waals surface area contributed by atoms with Crippen molar-refractivity contribution in [2.75, 3.05) is 12.3 Å². The van der Waals surface area contributed by atoms with Crippen molar-refractivity contribution < 1.29 is 9.59 Å². The molecule has 0 aromatic carbocycles. The molecule has 24 heavy (non-hydrogen) atoms. The van der Waals surface area contributed by atoms with Crippen molar-refractivity contribution in [2.45, 2.75) is 69.2 Å². The van der Waals surface area contributed by atoms with Gasteiger partial charge in [0.15, 0.2) is 4.87 Å². The van der Waals surface area contributed by atoms with E-state index in [1.165, 1.54) is 38.5 Å². The van der Waals surface area contributed by atoms with Crippen LogP contribution >= 0.6 is 11.8 Å². The Morgan fingerprint density at radius 2 is 1.83 bits per heavy atom. The average Bonchev–Trinajstić information content (AvgIpc) is 3.08. The maximum Gasteiger partial charge on any atom is 0.256 e. The van der Waals surface area contributed by atoms with Gasteiger partial charge in [-0.15, -0.1) is 11.8 Å². The van der Waals surface area contributed by atoms with Crippen molar-refractivity contribution >= 4 is 23.6 Å². The third-order valence-electron chi connectivity index (χ3n) is 7.78. The van der Waals surface area contributed by atoms with Crippen molar-refractivity contribution in [1.82, 2.24) is 10.2 Å². The zero-order chi connectivity index (χ0) is 16.5. The van der Waals surface area contributed by atoms with E-state index in [1.54, 1.807) is 11.8 Å².